The molecule has 2 fully saturated rings. The maximum atomic E-state index is 12.6. The smallest absolute Gasteiger partial charge is 0.274 e. The normalized spacial score (nSPS) is 18.8. The van der Waals surface area contributed by atoms with E-state index in [0.717, 1.165) is 38.4 Å². The van der Waals surface area contributed by atoms with Crippen LogP contribution in [0.3, 0.4) is 0 Å². The van der Waals surface area contributed by atoms with Crippen LogP contribution in [-0.2, 0) is 6.54 Å². The average Bonchev–Trinajstić information content (AvgIpc) is 3.32. The first-order valence-electron chi connectivity index (χ1n) is 8.81. The fourth-order valence-electron chi connectivity index (χ4n) is 3.39. The van der Waals surface area contributed by atoms with Crippen molar-refractivity contribution in [1.29, 1.82) is 0 Å². The molecule has 5 heteroatoms. The van der Waals surface area contributed by atoms with Gasteiger partial charge in [-0.25, -0.2) is 0 Å². The van der Waals surface area contributed by atoms with E-state index in [4.69, 9.17) is 0 Å². The summed E-state index contributed by atoms with van der Waals surface area (Å²) in [5.41, 5.74) is 4.34. The Morgan fingerprint density at radius 2 is 2.00 bits per heavy atom. The van der Waals surface area contributed by atoms with Gasteiger partial charge in [0.2, 0.25) is 0 Å². The molecular weight excluding hydrogens is 300 g/mol. The van der Waals surface area contributed by atoms with Gasteiger partial charge in [0.25, 0.3) is 5.91 Å². The second kappa shape index (κ2) is 6.40. The molecule has 1 aromatic heterocycles. The summed E-state index contributed by atoms with van der Waals surface area (Å²) in [4.78, 5) is 16.9. The number of rotatable bonds is 4. The molecule has 1 aliphatic carbocycles. The number of nitrogens with one attached hydrogen (secondary N) is 1. The van der Waals surface area contributed by atoms with Gasteiger partial charge in [-0.3, -0.25) is 14.8 Å². The number of H-pyrrole nitrogens is 1. The van der Waals surface area contributed by atoms with Crippen LogP contribution in [0.1, 0.15) is 46.1 Å². The van der Waals surface area contributed by atoms with Crippen LogP contribution in [0.15, 0.2) is 30.3 Å². The molecule has 24 heavy (non-hydrogen) atoms. The number of hydrogen-bond acceptors (Lipinski definition) is 3. The van der Waals surface area contributed by atoms with Crippen molar-refractivity contribution in [3.05, 3.63) is 52.8 Å². The molecule has 0 unspecified atom stereocenters. The fourth-order valence-corrected chi connectivity index (χ4v) is 3.39. The topological polar surface area (TPSA) is 52.2 Å². The van der Waals surface area contributed by atoms with Gasteiger partial charge in [-0.15, -0.1) is 0 Å². The molecule has 2 aromatic rings. The Balaban J connectivity index is 1.32. The van der Waals surface area contributed by atoms with Crippen molar-refractivity contribution in [2.45, 2.75) is 32.2 Å². The Morgan fingerprint density at radius 3 is 2.71 bits per heavy atom. The van der Waals surface area contributed by atoms with Gasteiger partial charge in [-0.05, 0) is 31.4 Å². The summed E-state index contributed by atoms with van der Waals surface area (Å²) in [5.74, 6) is 0.665. The highest BCUT2D eigenvalue weighted by Gasteiger charge is 2.28. The number of benzene rings is 1. The minimum Gasteiger partial charge on any atom is -0.335 e. The molecule has 1 saturated carbocycles. The van der Waals surface area contributed by atoms with Gasteiger partial charge in [-0.2, -0.15) is 5.10 Å². The molecule has 0 radical (unpaired) electrons. The van der Waals surface area contributed by atoms with Crippen LogP contribution < -0.4 is 0 Å². The van der Waals surface area contributed by atoms with E-state index in [1.165, 1.54) is 24.0 Å². The molecule has 1 amide bonds. The summed E-state index contributed by atoms with van der Waals surface area (Å²) < 4.78 is 0. The van der Waals surface area contributed by atoms with E-state index in [9.17, 15) is 4.79 Å². The van der Waals surface area contributed by atoms with E-state index in [0.29, 0.717) is 11.6 Å². The Kier molecular flexibility index (Phi) is 4.10. The van der Waals surface area contributed by atoms with Crippen molar-refractivity contribution in [2.75, 3.05) is 26.2 Å². The molecule has 1 aromatic carbocycles. The third kappa shape index (κ3) is 3.36. The van der Waals surface area contributed by atoms with Crippen LogP contribution in [-0.4, -0.2) is 52.1 Å². The Hall–Kier alpha value is -2.14. The van der Waals surface area contributed by atoms with E-state index < -0.39 is 0 Å². The molecule has 1 saturated heterocycles. The van der Waals surface area contributed by atoms with Gasteiger partial charge in [-0.1, -0.05) is 29.8 Å². The first-order chi connectivity index (χ1) is 11.7. The highest BCUT2D eigenvalue weighted by molar-refractivity contribution is 5.92. The molecule has 2 aliphatic rings. The molecule has 126 valence electrons. The van der Waals surface area contributed by atoms with E-state index in [-0.39, 0.29) is 5.91 Å². The maximum Gasteiger partial charge on any atom is 0.274 e. The van der Waals surface area contributed by atoms with Gasteiger partial charge < -0.3 is 4.90 Å². The second-order valence-corrected chi connectivity index (χ2v) is 7.04. The highest BCUT2D eigenvalue weighted by atomic mass is 16.2. The van der Waals surface area contributed by atoms with Crippen molar-refractivity contribution < 1.29 is 4.79 Å². The quantitative estimate of drug-likeness (QED) is 0.940. The molecule has 4 rings (SSSR count). The average molecular weight is 324 g/mol. The molecule has 0 bridgehead atoms. The SMILES string of the molecule is Cc1cccc(CN2CCN(C(=O)c3cc(C4CC4)[nH]n3)CC2)c1. The van der Waals surface area contributed by atoms with Crippen LogP contribution in [0, 0.1) is 6.92 Å². The van der Waals surface area contributed by atoms with Gasteiger partial charge in [0.05, 0.1) is 0 Å². The number of piperazine rings is 1. The second-order valence-electron chi connectivity index (χ2n) is 7.04. The van der Waals surface area contributed by atoms with Crippen molar-refractivity contribution in [1.82, 2.24) is 20.0 Å². The van der Waals surface area contributed by atoms with Crippen LogP contribution >= 0.6 is 0 Å². The molecule has 0 spiro atoms. The largest absolute Gasteiger partial charge is 0.335 e. The lowest BCUT2D eigenvalue weighted by Gasteiger charge is -2.34. The number of carbonyl (C=O) groups excluding carboxylic acids is 1. The van der Waals surface area contributed by atoms with Crippen LogP contribution in [0.25, 0.3) is 0 Å². The van der Waals surface area contributed by atoms with Crippen LogP contribution in [0.5, 0.6) is 0 Å². The maximum absolute atomic E-state index is 12.6. The highest BCUT2D eigenvalue weighted by Crippen LogP contribution is 2.39. The lowest BCUT2D eigenvalue weighted by Crippen LogP contribution is -2.48. The van der Waals surface area contributed by atoms with Gasteiger partial charge in [0, 0.05) is 44.3 Å². The summed E-state index contributed by atoms with van der Waals surface area (Å²) in [5, 5.41) is 7.25. The zero-order chi connectivity index (χ0) is 16.5. The van der Waals surface area contributed by atoms with Crippen molar-refractivity contribution in [2.24, 2.45) is 0 Å². The minimum absolute atomic E-state index is 0.0633. The fraction of sp³-hybridized carbons (Fsp3) is 0.474. The number of nitrogens with zero attached hydrogens (tertiary/aromatic N) is 3. The summed E-state index contributed by atoms with van der Waals surface area (Å²) in [6.07, 6.45) is 2.43. The number of aromatic nitrogens is 2. The predicted molar refractivity (Wildman–Crippen MR) is 92.9 cm³/mol. The summed E-state index contributed by atoms with van der Waals surface area (Å²) >= 11 is 0. The first kappa shape index (κ1) is 15.4. The molecule has 0 atom stereocenters. The molecule has 1 N–H and O–H groups in total. The molecule has 1 aliphatic heterocycles. The minimum atomic E-state index is 0.0633. The zero-order valence-electron chi connectivity index (χ0n) is 14.2. The molecule has 5 nitrogen and oxygen atoms in total. The summed E-state index contributed by atoms with van der Waals surface area (Å²) in [6.45, 7) is 6.46. The molecular formula is C19H24N4O. The lowest BCUT2D eigenvalue weighted by molar-refractivity contribution is 0.0622. The number of aryl methyl sites for hydroxylation is 1. The standard InChI is InChI=1S/C19H24N4O/c1-14-3-2-4-15(11-14)13-22-7-9-23(10-8-22)19(24)18-12-17(20-21-18)16-5-6-16/h2-4,11-12,16H,5-10,13H2,1H3,(H,20,21). The molecule has 2 heterocycles. The lowest BCUT2D eigenvalue weighted by atomic mass is 10.1. The predicted octanol–water partition coefficient (Wildman–Crippen LogP) is 2.55. The monoisotopic (exact) mass is 324 g/mol. The number of hydrogen-bond donors (Lipinski definition) is 1. The van der Waals surface area contributed by atoms with Crippen LogP contribution in [0.2, 0.25) is 0 Å². The van der Waals surface area contributed by atoms with E-state index in [1.54, 1.807) is 0 Å². The van der Waals surface area contributed by atoms with Gasteiger partial charge in [0.15, 0.2) is 0 Å². The summed E-state index contributed by atoms with van der Waals surface area (Å²) in [7, 11) is 0. The number of amides is 1. The van der Waals surface area contributed by atoms with Gasteiger partial charge in [0.1, 0.15) is 5.69 Å². The Bertz CT molecular complexity index is 726. The van der Waals surface area contributed by atoms with Crippen molar-refractivity contribution in [3.63, 3.8) is 0 Å². The van der Waals surface area contributed by atoms with Gasteiger partial charge >= 0.3 is 0 Å². The van der Waals surface area contributed by atoms with Crippen molar-refractivity contribution in [3.8, 4) is 0 Å². The van der Waals surface area contributed by atoms with E-state index in [1.807, 2.05) is 11.0 Å². The third-order valence-corrected chi connectivity index (χ3v) is 4.98. The number of carbonyl (C=O) groups is 1. The zero-order valence-corrected chi connectivity index (χ0v) is 14.2. The van der Waals surface area contributed by atoms with E-state index in [2.05, 4.69) is 46.3 Å². The van der Waals surface area contributed by atoms with E-state index >= 15 is 0 Å². The van der Waals surface area contributed by atoms with Crippen LogP contribution in [0.4, 0.5) is 0 Å². The third-order valence-electron chi connectivity index (χ3n) is 4.98. The number of aromatic amines is 1. The Labute approximate surface area is 142 Å². The van der Waals surface area contributed by atoms with Crippen molar-refractivity contribution >= 4 is 5.91 Å². The Morgan fingerprint density at radius 1 is 1.21 bits per heavy atom. The summed E-state index contributed by atoms with van der Waals surface area (Å²) in [6, 6.07) is 10.6. The first-order valence-corrected chi connectivity index (χ1v) is 8.81.